The van der Waals surface area contributed by atoms with Crippen molar-refractivity contribution in [3.05, 3.63) is 53.1 Å². The fourth-order valence-corrected chi connectivity index (χ4v) is 51.5. The van der Waals surface area contributed by atoms with Gasteiger partial charge in [0.25, 0.3) is 0 Å². The zero-order chi connectivity index (χ0) is 31.3. The zero-order valence-electron chi connectivity index (χ0n) is 29.8. The van der Waals surface area contributed by atoms with Gasteiger partial charge in [0.05, 0.1) is 0 Å². The summed E-state index contributed by atoms with van der Waals surface area (Å²) >= 11 is 0. The standard InChI is InChI=1S/C32H66P2Si6/c1-35(2,3)30(36(4,5)6)25-23-27(31(37(7,8)9)38(10,11)12)29(34-33-26-21-19-20-22-26)28(24-25)32(39(13,14)15)40(16,17)18/h19-24,26,30-34H,1-18H3. The van der Waals surface area contributed by atoms with E-state index in [1.54, 1.807) is 5.56 Å². The van der Waals surface area contributed by atoms with E-state index < -0.39 is 48.4 Å². The third-order valence-corrected chi connectivity index (χ3v) is 40.2. The van der Waals surface area contributed by atoms with Crippen molar-refractivity contribution in [1.82, 2.24) is 0 Å². The first kappa shape index (κ1) is 37.1. The topological polar surface area (TPSA) is 0 Å². The summed E-state index contributed by atoms with van der Waals surface area (Å²) in [4.78, 5) is 0. The van der Waals surface area contributed by atoms with Gasteiger partial charge in [-0.3, -0.25) is 0 Å². The molecule has 0 nitrogen and oxygen atoms in total. The van der Waals surface area contributed by atoms with Crippen molar-refractivity contribution in [2.45, 2.75) is 139 Å². The summed E-state index contributed by atoms with van der Waals surface area (Å²) in [6.45, 7) is 48.2. The fraction of sp³-hybridized carbons (Fsp3) is 0.688. The molecule has 2 atom stereocenters. The second-order valence-electron chi connectivity index (χ2n) is 19.1. The van der Waals surface area contributed by atoms with Crippen molar-refractivity contribution in [1.29, 1.82) is 0 Å². The molecule has 0 N–H and O–H groups in total. The van der Waals surface area contributed by atoms with E-state index in [9.17, 15) is 0 Å². The van der Waals surface area contributed by atoms with E-state index in [1.165, 1.54) is 0 Å². The van der Waals surface area contributed by atoms with Gasteiger partial charge in [0, 0.05) is 54.1 Å². The molecule has 0 bridgehead atoms. The van der Waals surface area contributed by atoms with E-state index in [0.29, 0.717) is 5.66 Å². The van der Waals surface area contributed by atoms with Gasteiger partial charge in [0.1, 0.15) is 0 Å². The Morgan fingerprint density at radius 1 is 0.475 bits per heavy atom. The SMILES string of the molecule is C[Si](C)(C)C(c1cc(C([Si](C)(C)C)[Si](C)(C)C)c(PPC2C=CC=C2)c(C([Si](C)(C)C)[Si](C)(C)C)c1)[Si](C)(C)C. The number of hydrogen-bond donors (Lipinski definition) is 0. The Morgan fingerprint density at radius 2 is 0.775 bits per heavy atom. The lowest BCUT2D eigenvalue weighted by Gasteiger charge is -2.46. The fourth-order valence-electron chi connectivity index (χ4n) is 8.92. The highest BCUT2D eigenvalue weighted by molar-refractivity contribution is 8.15. The normalized spacial score (nSPS) is 16.9. The maximum absolute atomic E-state index is 2.88. The molecular formula is C32H66P2Si6. The molecule has 0 amide bonds. The van der Waals surface area contributed by atoms with Gasteiger partial charge in [-0.25, -0.2) is 0 Å². The molecular weight excluding hydrogens is 615 g/mol. The molecule has 0 saturated carbocycles. The zero-order valence-corrected chi connectivity index (χ0v) is 37.8. The molecule has 0 aliphatic heterocycles. The molecule has 0 radical (unpaired) electrons. The van der Waals surface area contributed by atoms with E-state index in [4.69, 9.17) is 0 Å². The van der Waals surface area contributed by atoms with E-state index in [0.717, 1.165) is 32.0 Å². The highest BCUT2D eigenvalue weighted by Gasteiger charge is 2.46. The van der Waals surface area contributed by atoms with E-state index in [2.05, 4.69) is 154 Å². The second kappa shape index (κ2) is 12.7. The average Bonchev–Trinajstić information content (AvgIpc) is 3.13. The minimum absolute atomic E-state index is 0.643. The Labute approximate surface area is 261 Å². The van der Waals surface area contributed by atoms with E-state index in [-0.39, 0.29) is 0 Å². The van der Waals surface area contributed by atoms with Gasteiger partial charge in [-0.1, -0.05) is 171 Å². The van der Waals surface area contributed by atoms with Crippen molar-refractivity contribution < 1.29 is 0 Å². The summed E-state index contributed by atoms with van der Waals surface area (Å²) < 4.78 is 0. The van der Waals surface area contributed by atoms with Crippen LogP contribution in [0.2, 0.25) is 118 Å². The van der Waals surface area contributed by atoms with Gasteiger partial charge in [0.15, 0.2) is 0 Å². The first-order chi connectivity index (χ1) is 17.7. The largest absolute Gasteiger partial charge is 0.0836 e. The van der Waals surface area contributed by atoms with Crippen LogP contribution in [0.1, 0.15) is 32.2 Å². The van der Waals surface area contributed by atoms with Crippen LogP contribution in [-0.4, -0.2) is 54.1 Å². The Morgan fingerprint density at radius 3 is 1.05 bits per heavy atom. The molecule has 0 fully saturated rings. The molecule has 0 heterocycles. The molecule has 1 aromatic rings. The van der Waals surface area contributed by atoms with Crippen molar-refractivity contribution in [2.24, 2.45) is 0 Å². The van der Waals surface area contributed by atoms with Crippen molar-refractivity contribution in [3.63, 3.8) is 0 Å². The van der Waals surface area contributed by atoms with Crippen LogP contribution in [0.5, 0.6) is 0 Å². The van der Waals surface area contributed by atoms with Crippen LogP contribution in [0.4, 0.5) is 0 Å². The average molecular weight is 681 g/mol. The van der Waals surface area contributed by atoms with Crippen LogP contribution >= 0.6 is 16.5 Å². The van der Waals surface area contributed by atoms with E-state index >= 15 is 0 Å². The molecule has 1 aliphatic rings. The van der Waals surface area contributed by atoms with Gasteiger partial charge >= 0.3 is 0 Å². The Kier molecular flexibility index (Phi) is 11.8. The van der Waals surface area contributed by atoms with Gasteiger partial charge in [-0.2, -0.15) is 0 Å². The second-order valence-corrected chi connectivity index (χ2v) is 56.0. The summed E-state index contributed by atoms with van der Waals surface area (Å²) in [6, 6.07) is 5.76. The van der Waals surface area contributed by atoms with Gasteiger partial charge in [-0.05, 0) is 37.5 Å². The van der Waals surface area contributed by atoms with Crippen molar-refractivity contribution in [2.75, 3.05) is 0 Å². The first-order valence-corrected chi connectivity index (χ1v) is 40.2. The molecule has 2 rings (SSSR count). The van der Waals surface area contributed by atoms with Crippen LogP contribution < -0.4 is 5.30 Å². The number of rotatable bonds is 12. The highest BCUT2D eigenvalue weighted by Crippen LogP contribution is 2.50. The Hall–Kier alpha value is 0.861. The highest BCUT2D eigenvalue weighted by atomic mass is 32.0. The molecule has 0 spiro atoms. The predicted octanol–water partition coefficient (Wildman–Crippen LogP) is 11.6. The lowest BCUT2D eigenvalue weighted by atomic mass is 10.1. The molecule has 1 aliphatic carbocycles. The summed E-state index contributed by atoms with van der Waals surface area (Å²) in [6.07, 6.45) is 9.46. The number of benzene rings is 1. The molecule has 2 unspecified atom stereocenters. The number of hydrogen-bond acceptors (Lipinski definition) is 0. The molecule has 40 heavy (non-hydrogen) atoms. The summed E-state index contributed by atoms with van der Waals surface area (Å²) in [5, 5.41) is 4.25. The summed E-state index contributed by atoms with van der Waals surface area (Å²) in [7, 11) is -6.80. The van der Waals surface area contributed by atoms with Gasteiger partial charge in [0.2, 0.25) is 0 Å². The quantitative estimate of drug-likeness (QED) is 0.152. The third kappa shape index (κ3) is 9.43. The third-order valence-electron chi connectivity index (χ3n) is 8.49. The van der Waals surface area contributed by atoms with Crippen molar-refractivity contribution >= 4 is 70.3 Å². The van der Waals surface area contributed by atoms with Crippen molar-refractivity contribution in [3.8, 4) is 0 Å². The Balaban J connectivity index is 3.15. The summed E-state index contributed by atoms with van der Waals surface area (Å²) in [5.74, 6) is 0. The minimum atomic E-state index is -1.47. The first-order valence-electron chi connectivity index (χ1n) is 15.7. The van der Waals surface area contributed by atoms with Crippen LogP contribution in [0, 0.1) is 0 Å². The van der Waals surface area contributed by atoms with Gasteiger partial charge < -0.3 is 0 Å². The monoisotopic (exact) mass is 680 g/mol. The molecule has 0 saturated heterocycles. The van der Waals surface area contributed by atoms with E-state index in [1.807, 2.05) is 16.4 Å². The van der Waals surface area contributed by atoms with Crippen LogP contribution in [-0.2, 0) is 0 Å². The molecule has 228 valence electrons. The lowest BCUT2D eigenvalue weighted by molar-refractivity contribution is 1.10. The minimum Gasteiger partial charge on any atom is -0.0836 e. The lowest BCUT2D eigenvalue weighted by Crippen LogP contribution is -2.51. The number of allylic oxidation sites excluding steroid dienone is 4. The predicted molar refractivity (Wildman–Crippen MR) is 213 cm³/mol. The molecule has 8 heteroatoms. The summed E-state index contributed by atoms with van der Waals surface area (Å²) in [5.41, 5.74) is 6.12. The molecule has 1 aromatic carbocycles. The van der Waals surface area contributed by atoms with Crippen LogP contribution in [0.25, 0.3) is 0 Å². The maximum atomic E-state index is 2.88. The smallest absolute Gasteiger partial charge is 0.0493 e. The van der Waals surface area contributed by atoms with Crippen LogP contribution in [0.15, 0.2) is 36.4 Å². The Bertz CT molecular complexity index is 976. The maximum Gasteiger partial charge on any atom is 0.0493 e. The molecule has 0 aromatic heterocycles. The van der Waals surface area contributed by atoms with Crippen LogP contribution in [0.3, 0.4) is 0 Å². The van der Waals surface area contributed by atoms with Gasteiger partial charge in [-0.15, -0.1) is 0 Å².